The minimum absolute atomic E-state index is 0.154. The zero-order valence-electron chi connectivity index (χ0n) is 13.1. The molecule has 1 amide bonds. The predicted octanol–water partition coefficient (Wildman–Crippen LogP) is 3.38. The summed E-state index contributed by atoms with van der Waals surface area (Å²) in [5.74, 6) is 0.464. The first-order valence-corrected chi connectivity index (χ1v) is 7.71. The highest BCUT2D eigenvalue weighted by Gasteiger charge is 2.22. The molecule has 0 saturated carbocycles. The summed E-state index contributed by atoms with van der Waals surface area (Å²) in [4.78, 5) is 14.3. The number of carbonyl (C=O) groups excluding carboxylic acids is 1. The van der Waals surface area contributed by atoms with Crippen molar-refractivity contribution in [3.63, 3.8) is 0 Å². The normalized spacial score (nSPS) is 14.8. The molecule has 0 bridgehead atoms. The van der Waals surface area contributed by atoms with Crippen LogP contribution in [0.5, 0.6) is 5.75 Å². The van der Waals surface area contributed by atoms with E-state index in [4.69, 9.17) is 4.74 Å². The molecule has 0 aliphatic carbocycles. The molecule has 4 nitrogen and oxygen atoms in total. The van der Waals surface area contributed by atoms with Gasteiger partial charge in [0.15, 0.2) is 0 Å². The smallest absolute Gasteiger partial charge is 0.264 e. The van der Waals surface area contributed by atoms with Gasteiger partial charge < -0.3 is 9.64 Å². The van der Waals surface area contributed by atoms with Crippen LogP contribution in [0.15, 0.2) is 42.0 Å². The van der Waals surface area contributed by atoms with Gasteiger partial charge in [0.1, 0.15) is 17.4 Å². The molecule has 1 heterocycles. The number of ether oxygens (including phenoxy) is 1. The molecule has 0 unspecified atom stereocenters. The van der Waals surface area contributed by atoms with E-state index >= 15 is 0 Å². The lowest BCUT2D eigenvalue weighted by Crippen LogP contribution is -2.28. The van der Waals surface area contributed by atoms with Crippen LogP contribution in [0.4, 0.5) is 0 Å². The molecule has 0 radical (unpaired) electrons. The van der Waals surface area contributed by atoms with Gasteiger partial charge in [0.05, 0.1) is 7.11 Å². The van der Waals surface area contributed by atoms with E-state index in [9.17, 15) is 10.1 Å². The third-order valence-corrected chi connectivity index (χ3v) is 4.18. The first-order valence-electron chi connectivity index (χ1n) is 7.71. The van der Waals surface area contributed by atoms with Crippen LogP contribution >= 0.6 is 0 Å². The van der Waals surface area contributed by atoms with E-state index < -0.39 is 0 Å². The molecule has 1 saturated heterocycles. The summed E-state index contributed by atoms with van der Waals surface area (Å²) in [6.07, 6.45) is 3.66. The van der Waals surface area contributed by atoms with Crippen LogP contribution in [0.1, 0.15) is 18.4 Å². The van der Waals surface area contributed by atoms with Crippen LogP contribution in [0.3, 0.4) is 0 Å². The average molecular weight is 306 g/mol. The number of methoxy groups -OCH3 is 1. The van der Waals surface area contributed by atoms with Gasteiger partial charge in [-0.2, -0.15) is 5.26 Å². The number of fused-ring (bicyclic) bond motifs is 1. The number of likely N-dealkylation sites (tertiary alicyclic amines) is 1. The molecule has 4 heteroatoms. The van der Waals surface area contributed by atoms with Gasteiger partial charge in [-0.05, 0) is 35.8 Å². The lowest BCUT2D eigenvalue weighted by molar-refractivity contribution is -0.125. The number of nitrogens with zero attached hydrogens (tertiary/aromatic N) is 2. The molecule has 1 fully saturated rings. The first-order chi connectivity index (χ1) is 11.2. The number of hydrogen-bond donors (Lipinski definition) is 0. The summed E-state index contributed by atoms with van der Waals surface area (Å²) in [6, 6.07) is 13.8. The van der Waals surface area contributed by atoms with Crippen LogP contribution in [-0.4, -0.2) is 31.0 Å². The number of amides is 1. The second-order valence-corrected chi connectivity index (χ2v) is 5.57. The lowest BCUT2D eigenvalue weighted by atomic mass is 10.0. The molecular weight excluding hydrogens is 288 g/mol. The second-order valence-electron chi connectivity index (χ2n) is 5.57. The average Bonchev–Trinajstić information content (AvgIpc) is 3.13. The largest absolute Gasteiger partial charge is 0.496 e. The minimum atomic E-state index is -0.194. The van der Waals surface area contributed by atoms with E-state index in [1.54, 1.807) is 18.1 Å². The number of nitriles is 1. The van der Waals surface area contributed by atoms with Crippen molar-refractivity contribution in [3.8, 4) is 11.8 Å². The summed E-state index contributed by atoms with van der Waals surface area (Å²) < 4.78 is 5.43. The molecule has 0 atom stereocenters. The number of rotatable bonds is 3. The minimum Gasteiger partial charge on any atom is -0.496 e. The number of carbonyl (C=O) groups is 1. The molecular formula is C19H18N2O2. The maximum absolute atomic E-state index is 12.5. The Morgan fingerprint density at radius 1 is 1.22 bits per heavy atom. The molecule has 0 spiro atoms. The summed E-state index contributed by atoms with van der Waals surface area (Å²) in [5.41, 5.74) is 0.927. The van der Waals surface area contributed by atoms with Crippen LogP contribution < -0.4 is 4.74 Å². The quantitative estimate of drug-likeness (QED) is 0.645. The van der Waals surface area contributed by atoms with Crippen molar-refractivity contribution in [2.45, 2.75) is 12.8 Å². The van der Waals surface area contributed by atoms with Crippen molar-refractivity contribution < 1.29 is 9.53 Å². The highest BCUT2D eigenvalue weighted by atomic mass is 16.5. The molecule has 2 aromatic rings. The highest BCUT2D eigenvalue weighted by molar-refractivity contribution is 6.05. The van der Waals surface area contributed by atoms with Gasteiger partial charge in [-0.25, -0.2) is 0 Å². The third kappa shape index (κ3) is 2.91. The van der Waals surface area contributed by atoms with Gasteiger partial charge in [-0.15, -0.1) is 0 Å². The standard InChI is InChI=1S/C19H18N2O2/c1-23-18-9-8-14-6-2-3-7-16(14)17(18)12-15(13-20)19(22)21-10-4-5-11-21/h2-3,6-9,12H,4-5,10-11H2,1H3/b15-12-. The third-order valence-electron chi connectivity index (χ3n) is 4.18. The maximum atomic E-state index is 12.5. The Morgan fingerprint density at radius 3 is 2.65 bits per heavy atom. The van der Waals surface area contributed by atoms with E-state index in [-0.39, 0.29) is 11.5 Å². The molecule has 3 rings (SSSR count). The monoisotopic (exact) mass is 306 g/mol. The maximum Gasteiger partial charge on any atom is 0.264 e. The van der Waals surface area contributed by atoms with Crippen LogP contribution in [0.25, 0.3) is 16.8 Å². The first kappa shape index (κ1) is 15.1. The van der Waals surface area contributed by atoms with Crippen LogP contribution in [-0.2, 0) is 4.79 Å². The van der Waals surface area contributed by atoms with Crippen LogP contribution in [0, 0.1) is 11.3 Å². The van der Waals surface area contributed by atoms with Crippen molar-refractivity contribution in [2.24, 2.45) is 0 Å². The Morgan fingerprint density at radius 2 is 1.96 bits per heavy atom. The summed E-state index contributed by atoms with van der Waals surface area (Å²) in [5, 5.41) is 11.5. The second kappa shape index (κ2) is 6.53. The van der Waals surface area contributed by atoms with Gasteiger partial charge in [-0.3, -0.25) is 4.79 Å². The van der Waals surface area contributed by atoms with Gasteiger partial charge >= 0.3 is 0 Å². The zero-order chi connectivity index (χ0) is 16.2. The molecule has 1 aliphatic heterocycles. The van der Waals surface area contributed by atoms with E-state index in [0.717, 1.165) is 42.3 Å². The predicted molar refractivity (Wildman–Crippen MR) is 89.9 cm³/mol. The van der Waals surface area contributed by atoms with Crippen LogP contribution in [0.2, 0.25) is 0 Å². The number of hydrogen-bond acceptors (Lipinski definition) is 3. The van der Waals surface area contributed by atoms with Gasteiger partial charge in [0.25, 0.3) is 5.91 Å². The van der Waals surface area contributed by atoms with E-state index in [1.807, 2.05) is 36.4 Å². The fourth-order valence-electron chi connectivity index (χ4n) is 2.98. The molecule has 1 aliphatic rings. The van der Waals surface area contributed by atoms with E-state index in [1.165, 1.54) is 0 Å². The molecule has 2 aromatic carbocycles. The molecule has 0 N–H and O–H groups in total. The Bertz CT molecular complexity index is 812. The van der Waals surface area contributed by atoms with Gasteiger partial charge in [-0.1, -0.05) is 30.3 Å². The van der Waals surface area contributed by atoms with Crippen molar-refractivity contribution in [1.82, 2.24) is 4.90 Å². The number of benzene rings is 2. The molecule has 0 aromatic heterocycles. The van der Waals surface area contributed by atoms with Crippen molar-refractivity contribution in [2.75, 3.05) is 20.2 Å². The molecule has 116 valence electrons. The van der Waals surface area contributed by atoms with E-state index in [0.29, 0.717) is 5.75 Å². The topological polar surface area (TPSA) is 53.3 Å². The Kier molecular flexibility index (Phi) is 4.29. The summed E-state index contributed by atoms with van der Waals surface area (Å²) >= 11 is 0. The Labute approximate surface area is 135 Å². The van der Waals surface area contributed by atoms with E-state index in [2.05, 4.69) is 6.07 Å². The Hall–Kier alpha value is -2.80. The highest BCUT2D eigenvalue weighted by Crippen LogP contribution is 2.30. The van der Waals surface area contributed by atoms with Crippen molar-refractivity contribution in [3.05, 3.63) is 47.5 Å². The van der Waals surface area contributed by atoms with Gasteiger partial charge in [0.2, 0.25) is 0 Å². The SMILES string of the molecule is COc1ccc2ccccc2c1/C=C(/C#N)C(=O)N1CCCC1. The fourth-order valence-corrected chi connectivity index (χ4v) is 2.98. The molecule has 23 heavy (non-hydrogen) atoms. The summed E-state index contributed by atoms with van der Waals surface area (Å²) in [7, 11) is 1.59. The van der Waals surface area contributed by atoms with Crippen molar-refractivity contribution in [1.29, 1.82) is 5.26 Å². The zero-order valence-corrected chi connectivity index (χ0v) is 13.1. The summed E-state index contributed by atoms with van der Waals surface area (Å²) in [6.45, 7) is 1.45. The van der Waals surface area contributed by atoms with Crippen molar-refractivity contribution >= 4 is 22.8 Å². The van der Waals surface area contributed by atoms with Gasteiger partial charge in [0, 0.05) is 18.7 Å². The fraction of sp³-hybridized carbons (Fsp3) is 0.263. The lowest BCUT2D eigenvalue weighted by Gasteiger charge is -2.15. The Balaban J connectivity index is 2.10.